The Morgan fingerprint density at radius 1 is 1.75 bits per heavy atom. The number of ketones is 1. The van der Waals surface area contributed by atoms with Crippen molar-refractivity contribution in [3.63, 3.8) is 0 Å². The molecule has 1 rings (SSSR count). The van der Waals surface area contributed by atoms with Gasteiger partial charge < -0.3 is 5.73 Å². The van der Waals surface area contributed by atoms with Crippen LogP contribution in [0.2, 0.25) is 0 Å². The molecule has 1 aliphatic carbocycles. The van der Waals surface area contributed by atoms with Crippen LogP contribution < -0.4 is 5.73 Å². The van der Waals surface area contributed by atoms with Crippen LogP contribution in [0.15, 0.2) is 0 Å². The van der Waals surface area contributed by atoms with Gasteiger partial charge in [0.2, 0.25) is 0 Å². The number of Topliss-reactive ketones (excluding diaryl/α,β-unsaturated/α-hetero) is 1. The Morgan fingerprint density at radius 2 is 2.50 bits per heavy atom. The van der Waals surface area contributed by atoms with Crippen LogP contribution in [0.3, 0.4) is 0 Å². The highest BCUT2D eigenvalue weighted by Crippen LogP contribution is 2.19. The molecule has 0 aromatic heterocycles. The van der Waals surface area contributed by atoms with Crippen molar-refractivity contribution in [3.05, 3.63) is 0 Å². The van der Waals surface area contributed by atoms with Crippen molar-refractivity contribution in [2.45, 2.75) is 19.3 Å². The van der Waals surface area contributed by atoms with Gasteiger partial charge in [0.05, 0.1) is 0 Å². The molecule has 1 unspecified atom stereocenters. The highest BCUT2D eigenvalue weighted by molar-refractivity contribution is 5.80. The molecule has 0 aliphatic heterocycles. The zero-order chi connectivity index (χ0) is 5.98. The van der Waals surface area contributed by atoms with Crippen LogP contribution in [0.25, 0.3) is 0 Å². The number of carbonyl (C=O) groups is 1. The Bertz CT molecular complexity index is 101. The van der Waals surface area contributed by atoms with Crippen LogP contribution in [-0.2, 0) is 4.79 Å². The molecule has 0 aromatic carbocycles. The Morgan fingerprint density at radius 3 is 2.75 bits per heavy atom. The van der Waals surface area contributed by atoms with Crippen molar-refractivity contribution in [1.29, 1.82) is 0 Å². The summed E-state index contributed by atoms with van der Waals surface area (Å²) in [5.74, 6) is 0.892. The average Bonchev–Trinajstić information content (AvgIpc) is 2.14. The van der Waals surface area contributed by atoms with Crippen LogP contribution >= 0.6 is 0 Å². The minimum absolute atomic E-state index is 0.389. The summed E-state index contributed by atoms with van der Waals surface area (Å²) < 4.78 is 0. The van der Waals surface area contributed by atoms with Gasteiger partial charge in [-0.2, -0.15) is 0 Å². The summed E-state index contributed by atoms with van der Waals surface area (Å²) >= 11 is 0. The van der Waals surface area contributed by atoms with Crippen molar-refractivity contribution >= 4 is 5.78 Å². The largest absolute Gasteiger partial charge is 0.330 e. The molecule has 1 saturated carbocycles. The van der Waals surface area contributed by atoms with E-state index in [1.165, 1.54) is 0 Å². The maximum atomic E-state index is 10.6. The highest BCUT2D eigenvalue weighted by Gasteiger charge is 2.19. The van der Waals surface area contributed by atoms with Gasteiger partial charge in [-0.15, -0.1) is 0 Å². The first kappa shape index (κ1) is 5.76. The fourth-order valence-corrected chi connectivity index (χ4v) is 1.09. The van der Waals surface area contributed by atoms with Crippen LogP contribution in [0, 0.1) is 5.92 Å². The van der Waals surface area contributed by atoms with Crippen molar-refractivity contribution < 1.29 is 4.79 Å². The van der Waals surface area contributed by atoms with Gasteiger partial charge >= 0.3 is 0 Å². The summed E-state index contributed by atoms with van der Waals surface area (Å²) in [6.07, 6.45) is 2.52. The van der Waals surface area contributed by atoms with E-state index in [-0.39, 0.29) is 0 Å². The molecule has 0 spiro atoms. The normalized spacial score (nSPS) is 29.1. The lowest BCUT2D eigenvalue weighted by molar-refractivity contribution is -0.117. The molecule has 0 amide bonds. The van der Waals surface area contributed by atoms with Gasteiger partial charge in [0.25, 0.3) is 0 Å². The first-order chi connectivity index (χ1) is 3.83. The lowest BCUT2D eigenvalue weighted by Crippen LogP contribution is -2.10. The maximum Gasteiger partial charge on any atom is 0.133 e. The van der Waals surface area contributed by atoms with E-state index in [4.69, 9.17) is 5.73 Å². The quantitative estimate of drug-likeness (QED) is 0.532. The Hall–Kier alpha value is -0.370. The first-order valence-electron chi connectivity index (χ1n) is 3.04. The summed E-state index contributed by atoms with van der Waals surface area (Å²) in [6.45, 7) is 0.686. The van der Waals surface area contributed by atoms with Crippen LogP contribution in [0.1, 0.15) is 19.3 Å². The molecule has 0 heterocycles. The molecule has 0 radical (unpaired) electrons. The number of hydrogen-bond acceptors (Lipinski definition) is 2. The summed E-state index contributed by atoms with van der Waals surface area (Å²) in [5, 5.41) is 0. The molecular weight excluding hydrogens is 102 g/mol. The lowest BCUT2D eigenvalue weighted by atomic mass is 10.1. The van der Waals surface area contributed by atoms with Crippen molar-refractivity contribution in [3.8, 4) is 0 Å². The van der Waals surface area contributed by atoms with Gasteiger partial charge in [0.15, 0.2) is 0 Å². The second-order valence-electron chi connectivity index (χ2n) is 2.38. The molecule has 8 heavy (non-hydrogen) atoms. The predicted molar refractivity (Wildman–Crippen MR) is 31.4 cm³/mol. The van der Waals surface area contributed by atoms with E-state index in [2.05, 4.69) is 0 Å². The smallest absolute Gasteiger partial charge is 0.133 e. The third kappa shape index (κ3) is 1.07. The van der Waals surface area contributed by atoms with Crippen molar-refractivity contribution in [1.82, 2.24) is 0 Å². The molecule has 1 fully saturated rings. The van der Waals surface area contributed by atoms with E-state index in [0.717, 1.165) is 19.3 Å². The summed E-state index contributed by atoms with van der Waals surface area (Å²) in [7, 11) is 0. The number of carbonyl (C=O) groups excluding carboxylic acids is 1. The molecule has 0 bridgehead atoms. The van der Waals surface area contributed by atoms with Gasteiger partial charge in [0, 0.05) is 12.8 Å². The summed E-state index contributed by atoms with van der Waals surface area (Å²) in [5.41, 5.74) is 5.34. The standard InChI is InChI=1S/C6H11NO/c7-4-5-1-2-6(8)3-5/h5H,1-4,7H2. The van der Waals surface area contributed by atoms with Gasteiger partial charge in [-0.1, -0.05) is 0 Å². The molecule has 46 valence electrons. The first-order valence-corrected chi connectivity index (χ1v) is 3.04. The average molecular weight is 113 g/mol. The number of hydrogen-bond donors (Lipinski definition) is 1. The van der Waals surface area contributed by atoms with E-state index < -0.39 is 0 Å². The number of rotatable bonds is 1. The van der Waals surface area contributed by atoms with E-state index >= 15 is 0 Å². The van der Waals surface area contributed by atoms with E-state index in [1.807, 2.05) is 0 Å². The fraction of sp³-hybridized carbons (Fsp3) is 0.833. The monoisotopic (exact) mass is 113 g/mol. The van der Waals surface area contributed by atoms with E-state index in [9.17, 15) is 4.79 Å². The Labute approximate surface area is 49.1 Å². The van der Waals surface area contributed by atoms with E-state index in [0.29, 0.717) is 18.2 Å². The topological polar surface area (TPSA) is 43.1 Å². The molecule has 0 aromatic rings. The van der Waals surface area contributed by atoms with Gasteiger partial charge in [-0.25, -0.2) is 0 Å². The zero-order valence-corrected chi connectivity index (χ0v) is 4.89. The lowest BCUT2D eigenvalue weighted by Gasteiger charge is -1.98. The number of nitrogens with two attached hydrogens (primary N) is 1. The van der Waals surface area contributed by atoms with Gasteiger partial charge in [-0.05, 0) is 18.9 Å². The van der Waals surface area contributed by atoms with Crippen LogP contribution in [0.5, 0.6) is 0 Å². The second-order valence-corrected chi connectivity index (χ2v) is 2.38. The van der Waals surface area contributed by atoms with Gasteiger partial charge in [-0.3, -0.25) is 4.79 Å². The van der Waals surface area contributed by atoms with Crippen LogP contribution in [0.4, 0.5) is 0 Å². The molecule has 2 N–H and O–H groups in total. The van der Waals surface area contributed by atoms with Crippen molar-refractivity contribution in [2.75, 3.05) is 6.54 Å². The third-order valence-electron chi connectivity index (χ3n) is 1.68. The minimum Gasteiger partial charge on any atom is -0.330 e. The molecule has 1 atom stereocenters. The summed E-state index contributed by atoms with van der Waals surface area (Å²) in [4.78, 5) is 10.6. The maximum absolute atomic E-state index is 10.6. The van der Waals surface area contributed by atoms with Crippen LogP contribution in [-0.4, -0.2) is 12.3 Å². The fourth-order valence-electron chi connectivity index (χ4n) is 1.09. The van der Waals surface area contributed by atoms with Gasteiger partial charge in [0.1, 0.15) is 5.78 Å². The molecule has 0 saturated heterocycles. The Balaban J connectivity index is 2.32. The molecular formula is C6H11NO. The molecule has 2 heteroatoms. The second kappa shape index (κ2) is 2.27. The zero-order valence-electron chi connectivity index (χ0n) is 4.89. The van der Waals surface area contributed by atoms with E-state index in [1.54, 1.807) is 0 Å². The minimum atomic E-state index is 0.389. The SMILES string of the molecule is NCC1CCC(=O)C1. The summed E-state index contributed by atoms with van der Waals surface area (Å²) in [6, 6.07) is 0. The molecule has 1 aliphatic rings. The predicted octanol–water partition coefficient (Wildman–Crippen LogP) is 0.314. The Kier molecular flexibility index (Phi) is 1.63. The van der Waals surface area contributed by atoms with Crippen molar-refractivity contribution in [2.24, 2.45) is 11.7 Å². The highest BCUT2D eigenvalue weighted by atomic mass is 16.1. The third-order valence-corrected chi connectivity index (χ3v) is 1.68. The molecule has 2 nitrogen and oxygen atoms in total.